The number of fused-ring (bicyclic) bond motifs is 1. The second-order valence-corrected chi connectivity index (χ2v) is 7.87. The number of hydrogen-bond donors (Lipinski definition) is 2. The molecule has 4 heterocycles. The minimum absolute atomic E-state index is 0.373. The molecule has 2 N–H and O–H groups in total. The summed E-state index contributed by atoms with van der Waals surface area (Å²) < 4.78 is 19.7. The van der Waals surface area contributed by atoms with Crippen LogP contribution in [0.2, 0.25) is 0 Å². The first kappa shape index (κ1) is 20.5. The third-order valence-corrected chi connectivity index (χ3v) is 5.68. The van der Waals surface area contributed by atoms with Crippen molar-refractivity contribution in [2.24, 2.45) is 10.9 Å². The van der Waals surface area contributed by atoms with Crippen molar-refractivity contribution in [2.75, 3.05) is 49.6 Å². The maximum Gasteiger partial charge on any atom is 0.230 e. The Morgan fingerprint density at radius 2 is 2.09 bits per heavy atom. The summed E-state index contributed by atoms with van der Waals surface area (Å²) in [5.74, 6) is 1.54. The summed E-state index contributed by atoms with van der Waals surface area (Å²) in [6.07, 6.45) is 9.69. The first-order chi connectivity index (χ1) is 15.8. The van der Waals surface area contributed by atoms with Crippen LogP contribution in [-0.2, 0) is 4.74 Å². The summed E-state index contributed by atoms with van der Waals surface area (Å²) in [7, 11) is 0. The molecule has 1 fully saturated rings. The van der Waals surface area contributed by atoms with Crippen LogP contribution in [0.3, 0.4) is 0 Å². The monoisotopic (exact) mass is 436 g/mol. The summed E-state index contributed by atoms with van der Waals surface area (Å²) in [4.78, 5) is 20.3. The van der Waals surface area contributed by atoms with E-state index in [0.29, 0.717) is 67.6 Å². The van der Waals surface area contributed by atoms with Crippen LogP contribution in [0.1, 0.15) is 12.8 Å². The minimum Gasteiger partial charge on any atom is -0.378 e. The number of aromatic nitrogens is 5. The molecule has 0 bridgehead atoms. The molecule has 32 heavy (non-hydrogen) atoms. The van der Waals surface area contributed by atoms with E-state index in [2.05, 4.69) is 46.4 Å². The molecule has 0 saturated carbocycles. The lowest BCUT2D eigenvalue weighted by Gasteiger charge is -2.27. The van der Waals surface area contributed by atoms with E-state index in [1.54, 1.807) is 6.20 Å². The van der Waals surface area contributed by atoms with Crippen LogP contribution < -0.4 is 10.2 Å². The van der Waals surface area contributed by atoms with E-state index in [-0.39, 0.29) is 5.82 Å². The molecule has 2 aromatic heterocycles. The molecule has 0 aliphatic carbocycles. The first-order valence-electron chi connectivity index (χ1n) is 10.9. The molecule has 1 atom stereocenters. The number of morpholine rings is 1. The molecule has 1 unspecified atom stereocenters. The van der Waals surface area contributed by atoms with Crippen molar-refractivity contribution < 1.29 is 9.13 Å². The van der Waals surface area contributed by atoms with Gasteiger partial charge in [-0.15, -0.1) is 0 Å². The van der Waals surface area contributed by atoms with Gasteiger partial charge in [0.25, 0.3) is 0 Å². The van der Waals surface area contributed by atoms with Crippen LogP contribution in [-0.4, -0.2) is 70.8 Å². The number of aromatic amines is 1. The predicted molar refractivity (Wildman–Crippen MR) is 122 cm³/mol. The Morgan fingerprint density at radius 1 is 1.19 bits per heavy atom. The zero-order chi connectivity index (χ0) is 21.8. The molecule has 0 radical (unpaired) electrons. The topological polar surface area (TPSA) is 104 Å². The van der Waals surface area contributed by atoms with Crippen LogP contribution in [0, 0.1) is 11.7 Å². The highest BCUT2D eigenvalue weighted by Crippen LogP contribution is 2.28. The Balaban J connectivity index is 1.44. The van der Waals surface area contributed by atoms with Crippen molar-refractivity contribution in [3.05, 3.63) is 36.3 Å². The van der Waals surface area contributed by atoms with Gasteiger partial charge in [0.1, 0.15) is 5.82 Å². The molecule has 1 aromatic carbocycles. The zero-order valence-electron chi connectivity index (χ0n) is 17.7. The van der Waals surface area contributed by atoms with Crippen LogP contribution >= 0.6 is 0 Å². The average Bonchev–Trinajstić information content (AvgIpc) is 3.13. The van der Waals surface area contributed by atoms with E-state index >= 15 is 0 Å². The summed E-state index contributed by atoms with van der Waals surface area (Å²) >= 11 is 0. The fraction of sp³-hybridized carbons (Fsp3) is 0.409. The fourth-order valence-electron chi connectivity index (χ4n) is 3.96. The predicted octanol–water partition coefficient (Wildman–Crippen LogP) is 2.84. The number of aliphatic imine (C=N–C) groups is 1. The van der Waals surface area contributed by atoms with Gasteiger partial charge in [0.15, 0.2) is 5.82 Å². The molecule has 5 rings (SSSR count). The smallest absolute Gasteiger partial charge is 0.230 e. The zero-order valence-corrected chi connectivity index (χ0v) is 17.7. The third kappa shape index (κ3) is 4.59. The highest BCUT2D eigenvalue weighted by molar-refractivity contribution is 5.92. The maximum absolute atomic E-state index is 14.3. The molecular formula is C22H25FN8O. The molecule has 1 saturated heterocycles. The Bertz CT molecular complexity index is 1140. The van der Waals surface area contributed by atoms with Gasteiger partial charge in [-0.05, 0) is 37.0 Å². The number of nitrogens with zero attached hydrogens (tertiary/aromatic N) is 6. The third-order valence-electron chi connectivity index (χ3n) is 5.68. The number of ether oxygens (including phenoxy) is 1. The van der Waals surface area contributed by atoms with E-state index < -0.39 is 0 Å². The van der Waals surface area contributed by atoms with Crippen molar-refractivity contribution >= 4 is 29.0 Å². The Morgan fingerprint density at radius 3 is 3.00 bits per heavy atom. The van der Waals surface area contributed by atoms with E-state index in [1.807, 2.05) is 12.3 Å². The number of halogens is 1. The highest BCUT2D eigenvalue weighted by atomic mass is 19.1. The number of nitrogens with one attached hydrogen (secondary N) is 2. The van der Waals surface area contributed by atoms with Gasteiger partial charge in [-0.2, -0.15) is 20.1 Å². The number of anilines is 2. The van der Waals surface area contributed by atoms with Crippen molar-refractivity contribution in [1.29, 1.82) is 0 Å². The van der Waals surface area contributed by atoms with Crippen molar-refractivity contribution in [3.8, 4) is 11.4 Å². The van der Waals surface area contributed by atoms with Gasteiger partial charge in [-0.1, -0.05) is 6.08 Å². The average molecular weight is 436 g/mol. The lowest BCUT2D eigenvalue weighted by molar-refractivity contribution is 0.122. The van der Waals surface area contributed by atoms with E-state index in [0.717, 1.165) is 24.8 Å². The largest absolute Gasteiger partial charge is 0.378 e. The molecule has 2 aliphatic heterocycles. The Kier molecular flexibility index (Phi) is 6.02. The van der Waals surface area contributed by atoms with Gasteiger partial charge in [0, 0.05) is 43.3 Å². The summed E-state index contributed by atoms with van der Waals surface area (Å²) in [5, 5.41) is 11.0. The SMILES string of the molecule is Fc1cc(-c2nc(NCCC3C=CC=NCC3)nc(N3CCOCC3)n2)c2cn[nH]c2c1. The second-order valence-electron chi connectivity index (χ2n) is 7.87. The number of rotatable bonds is 6. The van der Waals surface area contributed by atoms with E-state index in [4.69, 9.17) is 4.74 Å². The van der Waals surface area contributed by atoms with Gasteiger partial charge in [0.2, 0.25) is 11.9 Å². The standard InChI is InChI=1S/C22H25FN8O/c23-16-12-17(18-14-26-30-19(18)13-16)20-27-21(25-7-4-15-2-1-5-24-6-3-15)29-22(28-20)31-8-10-32-11-9-31/h1-2,5,12-15H,3-4,6-11H2,(H,26,30)(H,25,27,28,29). The van der Waals surface area contributed by atoms with Crippen molar-refractivity contribution in [2.45, 2.75) is 12.8 Å². The van der Waals surface area contributed by atoms with Crippen LogP contribution in [0.15, 0.2) is 35.5 Å². The number of benzene rings is 1. The number of H-pyrrole nitrogens is 1. The van der Waals surface area contributed by atoms with Crippen LogP contribution in [0.5, 0.6) is 0 Å². The van der Waals surface area contributed by atoms with Gasteiger partial charge in [-0.3, -0.25) is 10.1 Å². The summed E-state index contributed by atoms with van der Waals surface area (Å²) in [6.45, 7) is 4.18. The fourth-order valence-corrected chi connectivity index (χ4v) is 3.96. The van der Waals surface area contributed by atoms with E-state index in [9.17, 15) is 4.39 Å². The normalized spacial score (nSPS) is 18.8. The maximum atomic E-state index is 14.3. The van der Waals surface area contributed by atoms with Crippen molar-refractivity contribution in [1.82, 2.24) is 25.1 Å². The molecule has 2 aliphatic rings. The van der Waals surface area contributed by atoms with Crippen molar-refractivity contribution in [3.63, 3.8) is 0 Å². The van der Waals surface area contributed by atoms with Gasteiger partial charge in [-0.25, -0.2) is 4.39 Å². The summed E-state index contributed by atoms with van der Waals surface area (Å²) in [6, 6.07) is 2.86. The molecule has 0 amide bonds. The van der Waals surface area contributed by atoms with Gasteiger partial charge >= 0.3 is 0 Å². The van der Waals surface area contributed by atoms with Crippen LogP contribution in [0.25, 0.3) is 22.3 Å². The van der Waals surface area contributed by atoms with Crippen LogP contribution in [0.4, 0.5) is 16.3 Å². The highest BCUT2D eigenvalue weighted by Gasteiger charge is 2.19. The minimum atomic E-state index is -0.373. The number of allylic oxidation sites excluding steroid dienone is 2. The summed E-state index contributed by atoms with van der Waals surface area (Å²) in [5.41, 5.74) is 1.18. The lowest BCUT2D eigenvalue weighted by Crippen LogP contribution is -2.37. The van der Waals surface area contributed by atoms with Gasteiger partial charge in [0.05, 0.1) is 24.9 Å². The molecule has 166 valence electrons. The quantitative estimate of drug-likeness (QED) is 0.612. The molecular weight excluding hydrogens is 411 g/mol. The first-order valence-corrected chi connectivity index (χ1v) is 10.9. The molecule has 3 aromatic rings. The Labute approximate surface area is 184 Å². The molecule has 0 spiro atoms. The lowest BCUT2D eigenvalue weighted by atomic mass is 10.0. The second kappa shape index (κ2) is 9.39. The number of hydrogen-bond acceptors (Lipinski definition) is 8. The molecule has 10 heteroatoms. The Hall–Kier alpha value is -3.40. The molecule has 9 nitrogen and oxygen atoms in total. The van der Waals surface area contributed by atoms with E-state index in [1.165, 1.54) is 12.1 Å². The van der Waals surface area contributed by atoms with Gasteiger partial charge < -0.3 is 15.0 Å².